The average molecular weight is 489 g/mol. The Hall–Kier alpha value is -3.82. The molecule has 1 unspecified atom stereocenters. The summed E-state index contributed by atoms with van der Waals surface area (Å²) < 4.78 is 40.6. The first kappa shape index (κ1) is 25.8. The molecule has 3 aromatic rings. The van der Waals surface area contributed by atoms with Crippen molar-refractivity contribution in [1.29, 1.82) is 0 Å². The summed E-state index contributed by atoms with van der Waals surface area (Å²) >= 11 is 0. The van der Waals surface area contributed by atoms with Gasteiger partial charge >= 0.3 is 6.18 Å². The number of amides is 2. The van der Waals surface area contributed by atoms with Crippen LogP contribution < -0.4 is 10.2 Å². The number of carbonyl (C=O) groups is 2. The molecule has 10 heteroatoms. The molecular weight excluding hydrogens is 461 g/mol. The van der Waals surface area contributed by atoms with Gasteiger partial charge in [0.05, 0.1) is 17.4 Å². The van der Waals surface area contributed by atoms with Crippen molar-refractivity contribution >= 4 is 17.6 Å². The minimum absolute atomic E-state index is 0.00733. The molecule has 2 amide bonds. The number of phenols is 1. The molecule has 3 rings (SSSR count). The molecule has 0 saturated heterocycles. The fourth-order valence-electron chi connectivity index (χ4n) is 3.67. The van der Waals surface area contributed by atoms with Crippen molar-refractivity contribution in [1.82, 2.24) is 15.1 Å². The lowest BCUT2D eigenvalue weighted by atomic mass is 10.1. The Morgan fingerprint density at radius 3 is 2.40 bits per heavy atom. The normalized spacial score (nSPS) is 12.5. The summed E-state index contributed by atoms with van der Waals surface area (Å²) in [6, 6.07) is 9.40. The molecule has 0 bridgehead atoms. The van der Waals surface area contributed by atoms with Crippen LogP contribution in [0.2, 0.25) is 0 Å². The van der Waals surface area contributed by atoms with Gasteiger partial charge in [-0.2, -0.15) is 18.3 Å². The molecule has 2 aromatic carbocycles. The highest BCUT2D eigenvalue weighted by atomic mass is 19.4. The maximum absolute atomic E-state index is 13.4. The van der Waals surface area contributed by atoms with Crippen LogP contribution in [0.15, 0.2) is 54.7 Å². The molecule has 0 aliphatic heterocycles. The summed E-state index contributed by atoms with van der Waals surface area (Å²) in [5.74, 6) is -0.729. The highest BCUT2D eigenvalue weighted by Gasteiger charge is 2.32. The van der Waals surface area contributed by atoms with E-state index in [0.717, 1.165) is 23.8 Å². The van der Waals surface area contributed by atoms with Gasteiger partial charge < -0.3 is 10.4 Å². The van der Waals surface area contributed by atoms with Gasteiger partial charge in [-0.05, 0) is 50.1 Å². The molecule has 186 valence electrons. The largest absolute Gasteiger partial charge is 0.508 e. The first-order valence-electron chi connectivity index (χ1n) is 11.1. The number of halogens is 3. The number of aromatic hydroxyl groups is 1. The predicted molar refractivity (Wildman–Crippen MR) is 126 cm³/mol. The Balaban J connectivity index is 1.91. The fraction of sp³-hybridized carbons (Fsp3) is 0.320. The maximum Gasteiger partial charge on any atom is 0.416 e. The van der Waals surface area contributed by atoms with Crippen molar-refractivity contribution in [2.45, 2.75) is 45.8 Å². The molecule has 0 aliphatic carbocycles. The Kier molecular flexibility index (Phi) is 7.52. The zero-order valence-corrected chi connectivity index (χ0v) is 19.8. The van der Waals surface area contributed by atoms with E-state index in [1.165, 1.54) is 34.7 Å². The number of alkyl halides is 3. The molecular formula is C25H27F3N4O3. The van der Waals surface area contributed by atoms with Crippen LogP contribution in [0.5, 0.6) is 5.75 Å². The van der Waals surface area contributed by atoms with Crippen LogP contribution in [-0.2, 0) is 11.0 Å². The number of benzene rings is 2. The van der Waals surface area contributed by atoms with Gasteiger partial charge in [0.2, 0.25) is 5.91 Å². The van der Waals surface area contributed by atoms with Gasteiger partial charge in [-0.3, -0.25) is 14.5 Å². The van der Waals surface area contributed by atoms with Gasteiger partial charge in [-0.15, -0.1) is 0 Å². The second-order valence-electron chi connectivity index (χ2n) is 8.37. The Morgan fingerprint density at radius 1 is 1.11 bits per heavy atom. The van der Waals surface area contributed by atoms with Crippen LogP contribution in [0.25, 0.3) is 5.69 Å². The quantitative estimate of drug-likeness (QED) is 0.496. The third-order valence-corrected chi connectivity index (χ3v) is 5.48. The maximum atomic E-state index is 13.4. The number of nitrogens with one attached hydrogen (secondary N) is 1. The van der Waals surface area contributed by atoms with Crippen LogP contribution in [0.1, 0.15) is 55.1 Å². The van der Waals surface area contributed by atoms with E-state index in [0.29, 0.717) is 11.5 Å². The monoisotopic (exact) mass is 488 g/mol. The summed E-state index contributed by atoms with van der Waals surface area (Å²) in [5.41, 5.74) is 0.171. The van der Waals surface area contributed by atoms with E-state index < -0.39 is 29.6 Å². The van der Waals surface area contributed by atoms with Crippen molar-refractivity contribution in [2.24, 2.45) is 0 Å². The van der Waals surface area contributed by atoms with Gasteiger partial charge in [-0.25, -0.2) is 4.68 Å². The number of anilines is 1. The van der Waals surface area contributed by atoms with Gasteiger partial charge in [0, 0.05) is 23.7 Å². The first-order valence-corrected chi connectivity index (χ1v) is 11.1. The molecule has 0 spiro atoms. The molecule has 35 heavy (non-hydrogen) atoms. The van der Waals surface area contributed by atoms with Crippen LogP contribution >= 0.6 is 0 Å². The van der Waals surface area contributed by atoms with Crippen molar-refractivity contribution in [3.63, 3.8) is 0 Å². The highest BCUT2D eigenvalue weighted by molar-refractivity contribution is 6.02. The number of hydrogen-bond acceptors (Lipinski definition) is 4. The number of hydrogen-bond donors (Lipinski definition) is 2. The number of likely N-dealkylation sites (N-methyl/N-ethyl adjacent to an activating group) is 1. The van der Waals surface area contributed by atoms with Gasteiger partial charge in [0.1, 0.15) is 17.6 Å². The van der Waals surface area contributed by atoms with E-state index in [1.807, 2.05) is 13.8 Å². The average Bonchev–Trinajstić information content (AvgIpc) is 3.24. The van der Waals surface area contributed by atoms with Crippen LogP contribution in [0, 0.1) is 0 Å². The van der Waals surface area contributed by atoms with Crippen molar-refractivity contribution in [3.8, 4) is 11.4 Å². The predicted octanol–water partition coefficient (Wildman–Crippen LogP) is 4.89. The first-order chi connectivity index (χ1) is 16.4. The van der Waals surface area contributed by atoms with E-state index in [4.69, 9.17) is 0 Å². The minimum atomic E-state index is -4.59. The lowest BCUT2D eigenvalue weighted by molar-refractivity contribution is -0.137. The SMILES string of the molecule is CCN(C(=O)C(C)NC(=O)c1cccc(C(F)(F)F)c1)c1c(C(C)C)cnn1-c1cccc(O)c1. The van der Waals surface area contributed by atoms with Gasteiger partial charge in [0.15, 0.2) is 0 Å². The lowest BCUT2D eigenvalue weighted by Crippen LogP contribution is -2.48. The lowest BCUT2D eigenvalue weighted by Gasteiger charge is -2.27. The minimum Gasteiger partial charge on any atom is -0.508 e. The molecule has 0 fully saturated rings. The topological polar surface area (TPSA) is 87.5 Å². The smallest absolute Gasteiger partial charge is 0.416 e. The summed E-state index contributed by atoms with van der Waals surface area (Å²) in [5, 5.41) is 16.8. The second-order valence-corrected chi connectivity index (χ2v) is 8.37. The molecule has 0 saturated carbocycles. The molecule has 7 nitrogen and oxygen atoms in total. The van der Waals surface area contributed by atoms with Gasteiger partial charge in [-0.1, -0.05) is 26.0 Å². The fourth-order valence-corrected chi connectivity index (χ4v) is 3.67. The van der Waals surface area contributed by atoms with E-state index >= 15 is 0 Å². The summed E-state index contributed by atoms with van der Waals surface area (Å²) in [6.45, 7) is 7.38. The Bertz CT molecular complexity index is 1220. The number of aromatic nitrogens is 2. The summed E-state index contributed by atoms with van der Waals surface area (Å²) in [7, 11) is 0. The van der Waals surface area contributed by atoms with E-state index in [-0.39, 0.29) is 23.8 Å². The third-order valence-electron chi connectivity index (χ3n) is 5.48. The Labute approximate surface area is 201 Å². The second kappa shape index (κ2) is 10.2. The molecule has 1 aromatic heterocycles. The zero-order valence-electron chi connectivity index (χ0n) is 19.8. The highest BCUT2D eigenvalue weighted by Crippen LogP contribution is 2.32. The van der Waals surface area contributed by atoms with E-state index in [2.05, 4.69) is 10.4 Å². The number of rotatable bonds is 7. The number of carbonyl (C=O) groups excluding carboxylic acids is 2. The van der Waals surface area contributed by atoms with Crippen LogP contribution in [0.3, 0.4) is 0 Å². The van der Waals surface area contributed by atoms with Gasteiger partial charge in [0.25, 0.3) is 5.91 Å². The van der Waals surface area contributed by atoms with Crippen molar-refractivity contribution in [3.05, 3.63) is 71.4 Å². The molecule has 1 heterocycles. The number of nitrogens with zero attached hydrogens (tertiary/aromatic N) is 3. The van der Waals surface area contributed by atoms with Crippen LogP contribution in [0.4, 0.5) is 19.0 Å². The Morgan fingerprint density at radius 2 is 1.80 bits per heavy atom. The summed E-state index contributed by atoms with van der Waals surface area (Å²) in [6.07, 6.45) is -2.94. The molecule has 0 aliphatic rings. The summed E-state index contributed by atoms with van der Waals surface area (Å²) in [4.78, 5) is 27.5. The molecule has 0 radical (unpaired) electrons. The zero-order chi connectivity index (χ0) is 25.9. The van der Waals surface area contributed by atoms with E-state index in [1.54, 1.807) is 25.3 Å². The van der Waals surface area contributed by atoms with Crippen LogP contribution in [-0.4, -0.2) is 39.3 Å². The standard InChI is InChI=1S/C25H27F3N4O3/c1-5-31(23-21(15(2)3)14-29-32(23)19-10-7-11-20(33)13-19)24(35)16(4)30-22(34)17-8-6-9-18(12-17)25(26,27)28/h6-16,33H,5H2,1-4H3,(H,30,34). The van der Waals surface area contributed by atoms with Crippen molar-refractivity contribution in [2.75, 3.05) is 11.4 Å². The van der Waals surface area contributed by atoms with Crippen molar-refractivity contribution < 1.29 is 27.9 Å². The van der Waals surface area contributed by atoms with E-state index in [9.17, 15) is 27.9 Å². The molecule has 1 atom stereocenters. The molecule has 2 N–H and O–H groups in total. The third kappa shape index (κ3) is 5.64. The number of phenolic OH excluding ortho intramolecular Hbond substituents is 1.